The lowest BCUT2D eigenvalue weighted by Gasteiger charge is -2.18. The van der Waals surface area contributed by atoms with Gasteiger partial charge in [-0.1, -0.05) is 0 Å². The third-order valence-corrected chi connectivity index (χ3v) is 8.87. The van der Waals surface area contributed by atoms with Crippen LogP contribution < -0.4 is 12.5 Å². The first-order valence-corrected chi connectivity index (χ1v) is 18.1. The lowest BCUT2D eigenvalue weighted by atomic mass is 10.3. The Morgan fingerprint density at radius 1 is 0.750 bits per heavy atom. The molecule has 0 aliphatic rings. The van der Waals surface area contributed by atoms with Crippen molar-refractivity contribution in [3.8, 4) is 17.2 Å². The zero-order valence-corrected chi connectivity index (χ0v) is 20.4. The Bertz CT molecular complexity index is 864. The summed E-state index contributed by atoms with van der Waals surface area (Å²) in [7, 11) is -14.1. The van der Waals surface area contributed by atoms with Crippen molar-refractivity contribution < 1.29 is 45.9 Å². The Morgan fingerprint density at radius 2 is 1.07 bits per heavy atom. The van der Waals surface area contributed by atoms with Gasteiger partial charge in [-0.2, -0.15) is 16.8 Å². The van der Waals surface area contributed by atoms with Gasteiger partial charge in [-0.25, -0.2) is 4.21 Å². The van der Waals surface area contributed by atoms with Crippen molar-refractivity contribution in [3.05, 3.63) is 18.2 Å². The van der Waals surface area contributed by atoms with Gasteiger partial charge in [0, 0.05) is 18.2 Å². The predicted octanol–water partition coefficient (Wildman–Crippen LogP) is 1.81. The fourth-order valence-electron chi connectivity index (χ4n) is 1.65. The molecule has 0 N–H and O–H groups in total. The molecule has 0 aliphatic heterocycles. The molecule has 28 heavy (non-hydrogen) atoms. The highest BCUT2D eigenvalue weighted by atomic mass is 32.3. The van der Waals surface area contributed by atoms with Crippen LogP contribution in [0.4, 0.5) is 0 Å². The molecule has 0 saturated carbocycles. The first-order chi connectivity index (χ1) is 12.4. The summed E-state index contributed by atoms with van der Waals surface area (Å²) in [5.41, 5.74) is 0. The van der Waals surface area contributed by atoms with Gasteiger partial charge < -0.3 is 17.1 Å². The van der Waals surface area contributed by atoms with Crippen molar-refractivity contribution >= 4 is 48.8 Å². The maximum Gasteiger partial charge on any atom is 0.438 e. The Kier molecular flexibility index (Phi) is 7.84. The van der Waals surface area contributed by atoms with Crippen LogP contribution in [-0.4, -0.2) is 42.2 Å². The molecule has 1 aromatic carbocycles. The molecule has 162 valence electrons. The molecule has 0 aliphatic carbocycles. The standard InChI is InChI=1S/C12H22O11S3Si2/c1-27(2,3)22-25(15,16)20-11-7-10(19-24(13)14)8-12(9-11)21-26(17,18)23-28(4,5)6/h7-9H,1-6H3,(H,13,14)/p-1. The molecule has 1 atom stereocenters. The highest BCUT2D eigenvalue weighted by Gasteiger charge is 2.28. The van der Waals surface area contributed by atoms with E-state index < -0.39 is 66.0 Å². The summed E-state index contributed by atoms with van der Waals surface area (Å²) in [5.74, 6) is -1.42. The maximum absolute atomic E-state index is 12.0. The average molecular weight is 494 g/mol. The van der Waals surface area contributed by atoms with Gasteiger partial charge in [-0.05, 0) is 39.3 Å². The summed E-state index contributed by atoms with van der Waals surface area (Å²) in [5, 5.41) is 0. The molecule has 0 bridgehead atoms. The fraction of sp³-hybridized carbons (Fsp3) is 0.500. The minimum atomic E-state index is -4.50. The normalized spacial score (nSPS) is 14.4. The summed E-state index contributed by atoms with van der Waals surface area (Å²) in [4.78, 5) is 0. The van der Waals surface area contributed by atoms with Gasteiger partial charge in [0.2, 0.25) is 16.6 Å². The molecular formula is C12H21O11S3Si2-. The Hall–Kier alpha value is -1.02. The Morgan fingerprint density at radius 3 is 1.36 bits per heavy atom. The lowest BCUT2D eigenvalue weighted by Crippen LogP contribution is -2.31. The van der Waals surface area contributed by atoms with Gasteiger partial charge >= 0.3 is 20.8 Å². The van der Waals surface area contributed by atoms with E-state index in [1.165, 1.54) is 0 Å². The quantitative estimate of drug-likeness (QED) is 0.346. The van der Waals surface area contributed by atoms with Gasteiger partial charge in [0.05, 0.1) is 0 Å². The lowest BCUT2D eigenvalue weighted by molar-refractivity contribution is 0.385. The Balaban J connectivity index is 3.25. The van der Waals surface area contributed by atoms with Crippen molar-refractivity contribution in [2.24, 2.45) is 0 Å². The fourth-order valence-corrected chi connectivity index (χ4v) is 7.74. The van der Waals surface area contributed by atoms with Crippen LogP contribution in [0.15, 0.2) is 18.2 Å². The second-order valence-electron chi connectivity index (χ2n) is 7.30. The second-order valence-corrected chi connectivity index (χ2v) is 19.6. The SMILES string of the molecule is C[Si](C)(C)OS(=O)(=O)Oc1cc(OS(=O)[O-])cc(OS(=O)(=O)O[Si](C)(C)C)c1. The number of hydrogen-bond acceptors (Lipinski definition) is 11. The topological polar surface area (TPSA) is 155 Å². The van der Waals surface area contributed by atoms with Crippen LogP contribution in [0, 0.1) is 0 Å². The van der Waals surface area contributed by atoms with Gasteiger partial charge in [0.25, 0.3) is 0 Å². The monoisotopic (exact) mass is 493 g/mol. The van der Waals surface area contributed by atoms with E-state index in [4.69, 9.17) is 16.1 Å². The molecule has 1 aromatic rings. The first-order valence-electron chi connectivity index (χ1n) is 7.59. The molecule has 0 fully saturated rings. The van der Waals surface area contributed by atoms with Gasteiger partial charge in [0.1, 0.15) is 17.1 Å². The molecule has 1 rings (SSSR count). The van der Waals surface area contributed by atoms with Crippen molar-refractivity contribution in [2.75, 3.05) is 0 Å². The van der Waals surface area contributed by atoms with E-state index in [0.29, 0.717) is 0 Å². The minimum absolute atomic E-state index is 0.452. The maximum atomic E-state index is 12.0. The first kappa shape index (κ1) is 25.0. The molecule has 0 saturated heterocycles. The molecule has 0 heterocycles. The van der Waals surface area contributed by atoms with Gasteiger partial charge in [0.15, 0.2) is 11.5 Å². The molecule has 0 spiro atoms. The third kappa shape index (κ3) is 10.5. The summed E-state index contributed by atoms with van der Waals surface area (Å²) in [6, 6.07) is 2.70. The molecule has 16 heteroatoms. The zero-order valence-electron chi connectivity index (χ0n) is 15.9. The molecule has 0 radical (unpaired) electrons. The van der Waals surface area contributed by atoms with Crippen molar-refractivity contribution in [2.45, 2.75) is 39.3 Å². The summed E-state index contributed by atoms with van der Waals surface area (Å²) in [6.07, 6.45) is 0. The van der Waals surface area contributed by atoms with Crippen LogP contribution in [0.25, 0.3) is 0 Å². The van der Waals surface area contributed by atoms with Gasteiger partial charge in [-0.15, -0.1) is 0 Å². The third-order valence-electron chi connectivity index (χ3n) is 2.12. The highest BCUT2D eigenvalue weighted by Crippen LogP contribution is 2.31. The summed E-state index contributed by atoms with van der Waals surface area (Å²) < 4.78 is 93.2. The van der Waals surface area contributed by atoms with Crippen LogP contribution >= 0.6 is 0 Å². The Labute approximate surface area is 169 Å². The molecule has 11 nitrogen and oxygen atoms in total. The van der Waals surface area contributed by atoms with Gasteiger partial charge in [-0.3, -0.25) is 7.74 Å². The van der Waals surface area contributed by atoms with Crippen LogP contribution in [0.2, 0.25) is 39.3 Å². The van der Waals surface area contributed by atoms with Crippen LogP contribution in [0.1, 0.15) is 0 Å². The minimum Gasteiger partial charge on any atom is -0.740 e. The van der Waals surface area contributed by atoms with Crippen molar-refractivity contribution in [1.82, 2.24) is 0 Å². The van der Waals surface area contributed by atoms with Crippen LogP contribution in [-0.2, 0) is 39.9 Å². The van der Waals surface area contributed by atoms with Crippen LogP contribution in [0.3, 0.4) is 0 Å². The van der Waals surface area contributed by atoms with E-state index in [9.17, 15) is 25.6 Å². The predicted molar refractivity (Wildman–Crippen MR) is 104 cm³/mol. The number of benzene rings is 1. The van der Waals surface area contributed by atoms with E-state index in [1.807, 2.05) is 0 Å². The molecular weight excluding hydrogens is 472 g/mol. The number of rotatable bonds is 10. The molecule has 0 aromatic heterocycles. The van der Waals surface area contributed by atoms with Crippen LogP contribution in [0.5, 0.6) is 17.2 Å². The molecule has 1 unspecified atom stereocenters. The second kappa shape index (κ2) is 8.78. The smallest absolute Gasteiger partial charge is 0.438 e. The van der Waals surface area contributed by atoms with Crippen molar-refractivity contribution in [1.29, 1.82) is 0 Å². The van der Waals surface area contributed by atoms with E-state index in [2.05, 4.69) is 4.18 Å². The molecule has 0 amide bonds. The highest BCUT2D eigenvalue weighted by molar-refractivity contribution is 7.83. The van der Waals surface area contributed by atoms with Crippen molar-refractivity contribution in [3.63, 3.8) is 0 Å². The zero-order chi connectivity index (χ0) is 22.0. The average Bonchev–Trinajstić information content (AvgIpc) is 2.28. The summed E-state index contributed by atoms with van der Waals surface area (Å²) in [6.45, 7) is 9.60. The number of hydrogen-bond donors (Lipinski definition) is 0. The van der Waals surface area contributed by atoms with E-state index in [-0.39, 0.29) is 0 Å². The largest absolute Gasteiger partial charge is 0.740 e. The van der Waals surface area contributed by atoms with E-state index in [0.717, 1.165) is 18.2 Å². The summed E-state index contributed by atoms with van der Waals surface area (Å²) >= 11 is -3.02. The van der Waals surface area contributed by atoms with E-state index in [1.54, 1.807) is 39.3 Å². The van der Waals surface area contributed by atoms with E-state index >= 15 is 0 Å².